The van der Waals surface area contributed by atoms with E-state index in [-0.39, 0.29) is 65.5 Å². The molecule has 0 amide bonds. The molecule has 0 saturated heterocycles. The molecule has 0 aromatic carbocycles. The van der Waals surface area contributed by atoms with Crippen molar-refractivity contribution in [2.75, 3.05) is 0 Å². The number of rotatable bonds is 0. The molecule has 0 spiro atoms. The minimum Gasteiger partial charge on any atom is -0.822 e. The van der Waals surface area contributed by atoms with E-state index in [0.29, 0.717) is 0 Å². The maximum Gasteiger partial charge on any atom is 3.00 e. The first-order chi connectivity index (χ1) is 6.00. The molecule has 0 unspecified atom stereocenters. The van der Waals surface area contributed by atoms with Gasteiger partial charge >= 0.3 is 46.9 Å². The number of phosphoric acid groups is 3. The van der Waals surface area contributed by atoms with Crippen LogP contribution in [0.2, 0.25) is 0 Å². The summed E-state index contributed by atoms with van der Waals surface area (Å²) in [5.74, 6) is 0. The summed E-state index contributed by atoms with van der Waals surface area (Å²) in [6.45, 7) is 0. The molecule has 0 heterocycles. The Morgan fingerprint density at radius 1 is 0.500 bits per heavy atom. The van der Waals surface area contributed by atoms with Crippen LogP contribution in [0.5, 0.6) is 0 Å². The minimum atomic E-state index is -5.39. The van der Waals surface area contributed by atoms with E-state index in [0.717, 1.165) is 0 Å². The Labute approximate surface area is 145 Å². The van der Waals surface area contributed by atoms with Gasteiger partial charge in [0.2, 0.25) is 0 Å². The van der Waals surface area contributed by atoms with Crippen LogP contribution in [-0.4, -0.2) is 17.4 Å². The van der Waals surface area contributed by atoms with Gasteiger partial charge in [0.15, 0.2) is 0 Å². The van der Waals surface area contributed by atoms with Crippen LogP contribution in [-0.2, 0) is 32.3 Å². The summed E-state index contributed by atoms with van der Waals surface area (Å²) in [6, 6.07) is 0. The summed E-state index contributed by atoms with van der Waals surface area (Å²) in [5, 5.41) is 0. The molecule has 0 bridgehead atoms. The molecule has 0 aliphatic carbocycles. The monoisotopic (exact) mass is 386 g/mol. The molecule has 18 heteroatoms. The average molecular weight is 386 g/mol. The molecule has 0 fully saturated rings. The third-order valence-corrected chi connectivity index (χ3v) is 0. The molecule has 1 radical (unpaired) electrons. The van der Waals surface area contributed by atoms with Gasteiger partial charge in [-0.15, -0.1) is 0 Å². The Hall–Kier alpha value is 2.45. The first-order valence-corrected chi connectivity index (χ1v) is 6.57. The summed E-state index contributed by atoms with van der Waals surface area (Å²) in [5.41, 5.74) is 0. The Morgan fingerprint density at radius 3 is 0.500 bits per heavy atom. The first-order valence-electron chi connectivity index (χ1n) is 2.19. The van der Waals surface area contributed by atoms with Crippen molar-refractivity contribution >= 4 is 40.8 Å². The number of hydrogen-bond acceptors (Lipinski definition) is 12. The molecule has 0 rings (SSSR count). The van der Waals surface area contributed by atoms with Gasteiger partial charge in [-0.3, -0.25) is 0 Å². The standard InChI is InChI=1S/Al.Na.3H3O4P.V/c;;3*1-5(2,3)4;/h;;3*(H3,1,2,3,4);/q+3;+1;;;;/p-9. The smallest absolute Gasteiger partial charge is 0.822 e. The van der Waals surface area contributed by atoms with Gasteiger partial charge in [-0.2, -0.15) is 23.5 Å². The van der Waals surface area contributed by atoms with Gasteiger partial charge in [-0.05, 0) is 0 Å². The third-order valence-electron chi connectivity index (χ3n) is 0. The van der Waals surface area contributed by atoms with Crippen LogP contribution >= 0.6 is 23.5 Å². The van der Waals surface area contributed by atoms with Gasteiger partial charge in [-0.25, -0.2) is 0 Å². The van der Waals surface area contributed by atoms with E-state index in [4.69, 9.17) is 57.7 Å². The van der Waals surface area contributed by atoms with Crippen LogP contribution < -0.4 is 73.6 Å². The predicted octanol–water partition coefficient (Wildman–Crippen LogP) is -11.9. The van der Waals surface area contributed by atoms with Crippen LogP contribution in [0, 0.1) is 0 Å². The molecular formula is AlNaO12P3V-5. The molecular weight excluding hydrogens is 386 g/mol. The van der Waals surface area contributed by atoms with Crippen LogP contribution in [0.1, 0.15) is 0 Å². The first kappa shape index (κ1) is 37.0. The van der Waals surface area contributed by atoms with Crippen LogP contribution in [0.3, 0.4) is 0 Å². The van der Waals surface area contributed by atoms with Gasteiger partial charge in [0.05, 0.1) is 0 Å². The fourth-order valence-corrected chi connectivity index (χ4v) is 0. The Morgan fingerprint density at radius 2 is 0.500 bits per heavy atom. The molecule has 101 valence electrons. The SMILES string of the molecule is O=P([O-])([O-])[O-].O=P([O-])([O-])[O-].O=P([O-])([O-])[O-].[Al+3].[Na+].[V]. The van der Waals surface area contributed by atoms with E-state index in [1.807, 2.05) is 0 Å². The fraction of sp³-hybridized carbons (Fsp3) is 0. The van der Waals surface area contributed by atoms with Crippen molar-refractivity contribution in [1.82, 2.24) is 0 Å². The predicted molar refractivity (Wildman–Crippen MR) is 28.6 cm³/mol. The van der Waals surface area contributed by atoms with E-state index in [9.17, 15) is 0 Å². The molecule has 0 N–H and O–H groups in total. The second-order valence-electron chi connectivity index (χ2n) is 1.34. The van der Waals surface area contributed by atoms with E-state index in [2.05, 4.69) is 0 Å². The van der Waals surface area contributed by atoms with E-state index >= 15 is 0 Å². The molecule has 12 nitrogen and oxygen atoms in total. The molecule has 0 atom stereocenters. The molecule has 18 heavy (non-hydrogen) atoms. The molecule has 0 aromatic rings. The zero-order valence-electron chi connectivity index (χ0n) is 8.27. The van der Waals surface area contributed by atoms with E-state index < -0.39 is 23.5 Å². The van der Waals surface area contributed by atoms with E-state index in [1.165, 1.54) is 0 Å². The molecule has 0 aromatic heterocycles. The Balaban J connectivity index is -0.0000000277. The van der Waals surface area contributed by atoms with Crippen molar-refractivity contribution < 1.29 is 106 Å². The summed E-state index contributed by atoms with van der Waals surface area (Å²) in [4.78, 5) is 76.9. The zero-order chi connectivity index (χ0) is 13.5. The van der Waals surface area contributed by atoms with Gasteiger partial charge < -0.3 is 57.7 Å². The van der Waals surface area contributed by atoms with Crippen LogP contribution in [0.15, 0.2) is 0 Å². The topological polar surface area (TPSA) is 259 Å². The normalized spacial score (nSPS) is 9.83. The largest absolute Gasteiger partial charge is 3.00 e. The van der Waals surface area contributed by atoms with Crippen molar-refractivity contribution in [2.24, 2.45) is 0 Å². The van der Waals surface area contributed by atoms with Gasteiger partial charge in [0.1, 0.15) is 0 Å². The van der Waals surface area contributed by atoms with Crippen molar-refractivity contribution in [3.63, 3.8) is 0 Å². The van der Waals surface area contributed by atoms with Gasteiger partial charge in [0.25, 0.3) is 0 Å². The molecule has 0 aliphatic rings. The summed E-state index contributed by atoms with van der Waals surface area (Å²) >= 11 is 0. The third kappa shape index (κ3) is 938. The molecule has 0 saturated carbocycles. The maximum absolute atomic E-state index is 8.55. The average Bonchev–Trinajstić information content (AvgIpc) is 1.41. The Kier molecular flexibility index (Phi) is 32.6. The van der Waals surface area contributed by atoms with Crippen LogP contribution in [0.25, 0.3) is 0 Å². The second-order valence-corrected chi connectivity index (χ2v) is 4.02. The fourth-order valence-electron chi connectivity index (χ4n) is 0. The second kappa shape index (κ2) is 15.8. The van der Waals surface area contributed by atoms with Crippen molar-refractivity contribution in [3.8, 4) is 0 Å². The Bertz CT molecular complexity index is 213. The van der Waals surface area contributed by atoms with Crippen molar-refractivity contribution in [3.05, 3.63) is 0 Å². The zero-order valence-corrected chi connectivity index (χ0v) is 15.5. The summed E-state index contributed by atoms with van der Waals surface area (Å²) in [6.07, 6.45) is 0. The minimum absolute atomic E-state index is 0. The quantitative estimate of drug-likeness (QED) is 0.277. The number of hydrogen-bond donors (Lipinski definition) is 0. The van der Waals surface area contributed by atoms with Gasteiger partial charge in [0, 0.05) is 18.6 Å². The summed E-state index contributed by atoms with van der Waals surface area (Å²) in [7, 11) is -16.2. The molecule has 0 aliphatic heterocycles. The van der Waals surface area contributed by atoms with Crippen molar-refractivity contribution in [1.29, 1.82) is 0 Å². The summed E-state index contributed by atoms with van der Waals surface area (Å²) < 4.78 is 25.6. The maximum atomic E-state index is 8.55. The van der Waals surface area contributed by atoms with Crippen molar-refractivity contribution in [2.45, 2.75) is 0 Å². The van der Waals surface area contributed by atoms with Crippen LogP contribution in [0.4, 0.5) is 0 Å². The van der Waals surface area contributed by atoms with E-state index in [1.54, 1.807) is 0 Å². The van der Waals surface area contributed by atoms with Gasteiger partial charge in [-0.1, -0.05) is 0 Å².